The summed E-state index contributed by atoms with van der Waals surface area (Å²) in [4.78, 5) is 26.8. The monoisotopic (exact) mass is 453 g/mol. The normalized spacial score (nSPS) is 16.9. The van der Waals surface area contributed by atoms with Crippen LogP contribution in [0.4, 0.5) is 13.6 Å². The molecular formula is C25H37F2NO4. The van der Waals surface area contributed by atoms with Gasteiger partial charge in [0.25, 0.3) is 0 Å². The number of esters is 1. The standard InChI is InChI=1S/C25H37F2NO4/c1-15(2)13-25(7,16(3)4)23(29)32-19-8-10-28(11-9-19)24(30)31-14-20-17(5)12-18(6)21(26)22(20)27/h12,15-16,19H,8-11,13-14H2,1-7H3. The molecule has 0 bridgehead atoms. The van der Waals surface area contributed by atoms with Gasteiger partial charge < -0.3 is 14.4 Å². The van der Waals surface area contributed by atoms with Gasteiger partial charge in [-0.05, 0) is 50.2 Å². The number of nitrogens with zero attached hydrogens (tertiary/aromatic N) is 1. The topological polar surface area (TPSA) is 55.8 Å². The second kappa shape index (κ2) is 10.6. The Kier molecular flexibility index (Phi) is 8.66. The number of piperidine rings is 1. The predicted octanol–water partition coefficient (Wildman–Crippen LogP) is 5.93. The second-order valence-electron chi connectivity index (χ2n) is 9.93. The summed E-state index contributed by atoms with van der Waals surface area (Å²) in [7, 11) is 0. The first-order valence-corrected chi connectivity index (χ1v) is 11.4. The van der Waals surface area contributed by atoms with Crippen LogP contribution in [0.3, 0.4) is 0 Å². The molecule has 1 heterocycles. The van der Waals surface area contributed by atoms with Crippen molar-refractivity contribution in [2.45, 2.75) is 80.4 Å². The molecule has 1 aliphatic rings. The molecule has 0 saturated carbocycles. The molecule has 1 aliphatic heterocycles. The summed E-state index contributed by atoms with van der Waals surface area (Å²) < 4.78 is 39.1. The second-order valence-corrected chi connectivity index (χ2v) is 9.93. The van der Waals surface area contributed by atoms with E-state index >= 15 is 0 Å². The molecular weight excluding hydrogens is 416 g/mol. The Balaban J connectivity index is 1.89. The highest BCUT2D eigenvalue weighted by molar-refractivity contribution is 5.77. The Morgan fingerprint density at radius 3 is 2.22 bits per heavy atom. The number of aryl methyl sites for hydroxylation is 2. The van der Waals surface area contributed by atoms with Gasteiger partial charge in [-0.1, -0.05) is 33.8 Å². The number of benzene rings is 1. The number of halogens is 2. The average Bonchev–Trinajstić information content (AvgIpc) is 2.71. The number of hydrogen-bond donors (Lipinski definition) is 0. The Bertz CT molecular complexity index is 832. The van der Waals surface area contributed by atoms with E-state index in [2.05, 4.69) is 13.8 Å². The number of amides is 1. The first-order chi connectivity index (χ1) is 14.9. The van der Waals surface area contributed by atoms with Crippen LogP contribution >= 0.6 is 0 Å². The summed E-state index contributed by atoms with van der Waals surface area (Å²) in [6, 6.07) is 1.53. The Labute approximate surface area is 190 Å². The molecule has 180 valence electrons. The summed E-state index contributed by atoms with van der Waals surface area (Å²) in [5.74, 6) is -1.55. The molecule has 2 rings (SSSR count). The average molecular weight is 454 g/mol. The van der Waals surface area contributed by atoms with Crippen molar-refractivity contribution >= 4 is 12.1 Å². The summed E-state index contributed by atoms with van der Waals surface area (Å²) in [6.07, 6.45) is 0.959. The van der Waals surface area contributed by atoms with Crippen LogP contribution in [0.5, 0.6) is 0 Å². The van der Waals surface area contributed by atoms with E-state index in [9.17, 15) is 18.4 Å². The highest BCUT2D eigenvalue weighted by Gasteiger charge is 2.40. The third-order valence-electron chi connectivity index (χ3n) is 6.60. The molecule has 5 nitrogen and oxygen atoms in total. The lowest BCUT2D eigenvalue weighted by Gasteiger charge is -2.36. The molecule has 1 saturated heterocycles. The first-order valence-electron chi connectivity index (χ1n) is 11.4. The van der Waals surface area contributed by atoms with E-state index in [1.54, 1.807) is 6.92 Å². The highest BCUT2D eigenvalue weighted by Crippen LogP contribution is 2.36. The highest BCUT2D eigenvalue weighted by atomic mass is 19.2. The van der Waals surface area contributed by atoms with Crippen molar-refractivity contribution in [3.05, 3.63) is 34.4 Å². The van der Waals surface area contributed by atoms with E-state index in [1.807, 2.05) is 20.8 Å². The molecule has 1 amide bonds. The van der Waals surface area contributed by atoms with Crippen LogP contribution in [0.2, 0.25) is 0 Å². The van der Waals surface area contributed by atoms with Crippen molar-refractivity contribution in [1.82, 2.24) is 4.90 Å². The largest absolute Gasteiger partial charge is 0.462 e. The Morgan fingerprint density at radius 2 is 1.69 bits per heavy atom. The zero-order valence-electron chi connectivity index (χ0n) is 20.4. The molecule has 32 heavy (non-hydrogen) atoms. The Morgan fingerprint density at radius 1 is 1.09 bits per heavy atom. The van der Waals surface area contributed by atoms with Crippen LogP contribution in [0.1, 0.15) is 70.6 Å². The van der Waals surface area contributed by atoms with Gasteiger partial charge in [-0.3, -0.25) is 4.79 Å². The number of hydrogen-bond acceptors (Lipinski definition) is 4. The van der Waals surface area contributed by atoms with Crippen molar-refractivity contribution in [2.75, 3.05) is 13.1 Å². The molecule has 0 aliphatic carbocycles. The van der Waals surface area contributed by atoms with Crippen molar-refractivity contribution in [3.63, 3.8) is 0 Å². The van der Waals surface area contributed by atoms with E-state index in [1.165, 1.54) is 17.9 Å². The van der Waals surface area contributed by atoms with Crippen LogP contribution < -0.4 is 0 Å². The van der Waals surface area contributed by atoms with Gasteiger partial charge in [0, 0.05) is 31.5 Å². The predicted molar refractivity (Wildman–Crippen MR) is 119 cm³/mol. The lowest BCUT2D eigenvalue weighted by molar-refractivity contribution is -0.166. The van der Waals surface area contributed by atoms with Crippen LogP contribution in [0, 0.1) is 42.7 Å². The molecule has 1 fully saturated rings. The first kappa shape index (κ1) is 26.1. The summed E-state index contributed by atoms with van der Waals surface area (Å²) in [5.41, 5.74) is 0.251. The zero-order chi connectivity index (χ0) is 24.2. The van der Waals surface area contributed by atoms with Gasteiger partial charge in [-0.25, -0.2) is 13.6 Å². The third kappa shape index (κ3) is 5.99. The van der Waals surface area contributed by atoms with Gasteiger partial charge in [0.15, 0.2) is 11.6 Å². The number of rotatable bonds is 7. The zero-order valence-corrected chi connectivity index (χ0v) is 20.4. The molecule has 1 aromatic rings. The molecule has 0 spiro atoms. The van der Waals surface area contributed by atoms with Gasteiger partial charge in [0.05, 0.1) is 5.41 Å². The maximum Gasteiger partial charge on any atom is 0.410 e. The van der Waals surface area contributed by atoms with Crippen LogP contribution in [0.25, 0.3) is 0 Å². The smallest absolute Gasteiger partial charge is 0.410 e. The molecule has 0 N–H and O–H groups in total. The summed E-state index contributed by atoms with van der Waals surface area (Å²) in [5, 5.41) is 0. The van der Waals surface area contributed by atoms with E-state index in [4.69, 9.17) is 9.47 Å². The molecule has 1 unspecified atom stereocenters. The lowest BCUT2D eigenvalue weighted by atomic mass is 9.73. The Hall–Kier alpha value is -2.18. The fraction of sp³-hybridized carbons (Fsp3) is 0.680. The fourth-order valence-corrected chi connectivity index (χ4v) is 4.20. The minimum absolute atomic E-state index is 0.0448. The minimum Gasteiger partial charge on any atom is -0.462 e. The van der Waals surface area contributed by atoms with E-state index < -0.39 is 23.1 Å². The van der Waals surface area contributed by atoms with E-state index in [0.29, 0.717) is 37.4 Å². The van der Waals surface area contributed by atoms with Gasteiger partial charge in [-0.15, -0.1) is 0 Å². The third-order valence-corrected chi connectivity index (χ3v) is 6.60. The van der Waals surface area contributed by atoms with Crippen LogP contribution in [0.15, 0.2) is 6.07 Å². The van der Waals surface area contributed by atoms with Crippen molar-refractivity contribution in [2.24, 2.45) is 17.3 Å². The summed E-state index contributed by atoms with van der Waals surface area (Å²) in [6.45, 7) is 13.8. The fourth-order valence-electron chi connectivity index (χ4n) is 4.20. The van der Waals surface area contributed by atoms with Crippen LogP contribution in [-0.2, 0) is 20.9 Å². The number of carbonyl (C=O) groups excluding carboxylic acids is 2. The molecule has 0 aromatic heterocycles. The molecule has 0 radical (unpaired) electrons. The van der Waals surface area contributed by atoms with Crippen molar-refractivity contribution in [1.29, 1.82) is 0 Å². The van der Waals surface area contributed by atoms with Crippen LogP contribution in [-0.4, -0.2) is 36.2 Å². The number of ether oxygens (including phenoxy) is 2. The number of likely N-dealkylation sites (tertiary alicyclic amines) is 1. The molecule has 1 aromatic carbocycles. The maximum absolute atomic E-state index is 14.2. The molecule has 1 atom stereocenters. The van der Waals surface area contributed by atoms with E-state index in [0.717, 1.165) is 6.42 Å². The lowest BCUT2D eigenvalue weighted by Crippen LogP contribution is -2.44. The number of carbonyl (C=O) groups is 2. The van der Waals surface area contributed by atoms with Gasteiger partial charge in [0.2, 0.25) is 0 Å². The van der Waals surface area contributed by atoms with Crippen molar-refractivity contribution in [3.8, 4) is 0 Å². The SMILES string of the molecule is Cc1cc(C)c(COC(=O)N2CCC(OC(=O)C(C)(CC(C)C)C(C)C)CC2)c(F)c1F. The van der Waals surface area contributed by atoms with Gasteiger partial charge >= 0.3 is 12.1 Å². The summed E-state index contributed by atoms with van der Waals surface area (Å²) >= 11 is 0. The van der Waals surface area contributed by atoms with Crippen molar-refractivity contribution < 1.29 is 27.8 Å². The maximum atomic E-state index is 14.2. The molecule has 7 heteroatoms. The quantitative estimate of drug-likeness (QED) is 0.480. The minimum atomic E-state index is -0.976. The van der Waals surface area contributed by atoms with Gasteiger partial charge in [0.1, 0.15) is 12.7 Å². The van der Waals surface area contributed by atoms with Gasteiger partial charge in [-0.2, -0.15) is 0 Å². The van der Waals surface area contributed by atoms with E-state index in [-0.39, 0.29) is 35.7 Å².